The van der Waals surface area contributed by atoms with Gasteiger partial charge in [0.15, 0.2) is 0 Å². The smallest absolute Gasteiger partial charge is 0.252 e. The number of anilines is 2. The van der Waals surface area contributed by atoms with E-state index in [4.69, 9.17) is 0 Å². The lowest BCUT2D eigenvalue weighted by atomic mass is 9.80. The van der Waals surface area contributed by atoms with Gasteiger partial charge < -0.3 is 15.1 Å². The van der Waals surface area contributed by atoms with Gasteiger partial charge >= 0.3 is 0 Å². The summed E-state index contributed by atoms with van der Waals surface area (Å²) in [4.78, 5) is 18.2. The molecule has 4 heteroatoms. The molecule has 1 amide bonds. The first-order valence-corrected chi connectivity index (χ1v) is 9.81. The molecule has 1 saturated heterocycles. The van der Waals surface area contributed by atoms with E-state index in [1.165, 1.54) is 19.3 Å². The first-order valence-electron chi connectivity index (χ1n) is 9.81. The third kappa shape index (κ3) is 3.05. The fourth-order valence-electron chi connectivity index (χ4n) is 4.49. The number of nitrogens with one attached hydrogen (secondary N) is 1. The zero-order valence-electron chi connectivity index (χ0n) is 15.8. The third-order valence-electron chi connectivity index (χ3n) is 6.10. The van der Waals surface area contributed by atoms with Gasteiger partial charge in [-0.05, 0) is 43.2 Å². The number of piperidine rings is 1. The van der Waals surface area contributed by atoms with Gasteiger partial charge in [0.05, 0.1) is 11.4 Å². The molecule has 1 saturated carbocycles. The second kappa shape index (κ2) is 6.01. The van der Waals surface area contributed by atoms with Gasteiger partial charge in [0, 0.05) is 25.7 Å². The van der Waals surface area contributed by atoms with Crippen molar-refractivity contribution in [2.75, 3.05) is 29.9 Å². The highest BCUT2D eigenvalue weighted by molar-refractivity contribution is 6.08. The minimum Gasteiger partial charge on any atom is -0.369 e. The number of nitrogens with zero attached hydrogens (tertiary/aromatic N) is 2. The number of para-hydroxylation sites is 2. The molecule has 0 atom stereocenters. The Balaban J connectivity index is 1.60. The van der Waals surface area contributed by atoms with Crippen LogP contribution >= 0.6 is 0 Å². The first-order chi connectivity index (χ1) is 11.9. The standard InChI is InChI=1S/C21H31N3O/c1-20(2,3)15-24-18-10-5-4-9-17(18)22-21(19(24)25)11-13-23(14-12-21)16-7-6-8-16/h4-5,9-10,16,22H,6-8,11-15H2,1-3H3. The van der Waals surface area contributed by atoms with Gasteiger partial charge in [-0.3, -0.25) is 4.79 Å². The summed E-state index contributed by atoms with van der Waals surface area (Å²) >= 11 is 0. The van der Waals surface area contributed by atoms with Crippen LogP contribution in [0, 0.1) is 5.41 Å². The molecule has 1 aromatic carbocycles. The van der Waals surface area contributed by atoms with Crippen molar-refractivity contribution in [2.24, 2.45) is 5.41 Å². The van der Waals surface area contributed by atoms with Crippen LogP contribution in [0.25, 0.3) is 0 Å². The highest BCUT2D eigenvalue weighted by atomic mass is 16.2. The average molecular weight is 341 g/mol. The van der Waals surface area contributed by atoms with Crippen LogP contribution in [0.5, 0.6) is 0 Å². The summed E-state index contributed by atoms with van der Waals surface area (Å²) in [5, 5.41) is 3.66. The Hall–Kier alpha value is -1.55. The fourth-order valence-corrected chi connectivity index (χ4v) is 4.49. The Bertz CT molecular complexity index is 651. The van der Waals surface area contributed by atoms with Gasteiger partial charge in [0.1, 0.15) is 5.54 Å². The summed E-state index contributed by atoms with van der Waals surface area (Å²) in [6.07, 6.45) is 5.88. The molecule has 4 rings (SSSR count). The average Bonchev–Trinajstić information content (AvgIpc) is 2.51. The zero-order valence-corrected chi connectivity index (χ0v) is 15.8. The highest BCUT2D eigenvalue weighted by Crippen LogP contribution is 2.42. The lowest BCUT2D eigenvalue weighted by Gasteiger charge is -2.51. The van der Waals surface area contributed by atoms with Gasteiger partial charge in [-0.15, -0.1) is 0 Å². The monoisotopic (exact) mass is 341 g/mol. The van der Waals surface area contributed by atoms with Gasteiger partial charge in [0.2, 0.25) is 0 Å². The Morgan fingerprint density at radius 1 is 1.16 bits per heavy atom. The topological polar surface area (TPSA) is 35.6 Å². The van der Waals surface area contributed by atoms with E-state index in [0.717, 1.165) is 49.9 Å². The molecule has 0 aromatic heterocycles. The first kappa shape index (κ1) is 16.9. The van der Waals surface area contributed by atoms with Crippen molar-refractivity contribution in [2.45, 2.75) is 64.5 Å². The normalized spacial score (nSPS) is 24.0. The van der Waals surface area contributed by atoms with E-state index in [2.05, 4.69) is 49.2 Å². The van der Waals surface area contributed by atoms with E-state index in [-0.39, 0.29) is 11.3 Å². The second-order valence-corrected chi connectivity index (χ2v) is 9.30. The van der Waals surface area contributed by atoms with E-state index < -0.39 is 5.54 Å². The number of carbonyl (C=O) groups excluding carboxylic acids is 1. The van der Waals surface area contributed by atoms with Gasteiger partial charge in [0.25, 0.3) is 5.91 Å². The minimum atomic E-state index is -0.417. The van der Waals surface area contributed by atoms with Crippen LogP contribution in [0.3, 0.4) is 0 Å². The van der Waals surface area contributed by atoms with E-state index in [9.17, 15) is 4.79 Å². The third-order valence-corrected chi connectivity index (χ3v) is 6.10. The van der Waals surface area contributed by atoms with E-state index in [1.807, 2.05) is 11.0 Å². The van der Waals surface area contributed by atoms with Crippen LogP contribution in [-0.4, -0.2) is 42.0 Å². The van der Waals surface area contributed by atoms with Crippen molar-refractivity contribution in [1.29, 1.82) is 0 Å². The van der Waals surface area contributed by atoms with Crippen LogP contribution in [0.2, 0.25) is 0 Å². The molecule has 136 valence electrons. The van der Waals surface area contributed by atoms with Gasteiger partial charge in [-0.2, -0.15) is 0 Å². The number of fused-ring (bicyclic) bond motifs is 1. The molecule has 2 heterocycles. The Kier molecular flexibility index (Phi) is 4.06. The second-order valence-electron chi connectivity index (χ2n) is 9.30. The predicted molar refractivity (Wildman–Crippen MR) is 103 cm³/mol. The Labute approximate surface area is 151 Å². The van der Waals surface area contributed by atoms with Crippen LogP contribution in [0.1, 0.15) is 52.9 Å². The number of amides is 1. The minimum absolute atomic E-state index is 0.0773. The molecule has 2 fully saturated rings. The molecule has 1 N–H and O–H groups in total. The van der Waals surface area contributed by atoms with E-state index in [1.54, 1.807) is 0 Å². The maximum absolute atomic E-state index is 13.5. The molecule has 25 heavy (non-hydrogen) atoms. The van der Waals surface area contributed by atoms with Crippen molar-refractivity contribution in [3.05, 3.63) is 24.3 Å². The lowest BCUT2D eigenvalue weighted by molar-refractivity contribution is -0.125. The molecular weight excluding hydrogens is 310 g/mol. The zero-order chi connectivity index (χ0) is 17.7. The largest absolute Gasteiger partial charge is 0.369 e. The summed E-state index contributed by atoms with van der Waals surface area (Å²) in [6, 6.07) is 9.06. The Morgan fingerprint density at radius 3 is 2.44 bits per heavy atom. The SMILES string of the molecule is CC(C)(C)CN1C(=O)C2(CCN(C3CCC3)CC2)Nc2ccccc21. The molecule has 1 aliphatic carbocycles. The number of carbonyl (C=O) groups is 1. The van der Waals surface area contributed by atoms with E-state index in [0.29, 0.717) is 0 Å². The maximum atomic E-state index is 13.5. The molecule has 1 spiro atoms. The van der Waals surface area contributed by atoms with Crippen LogP contribution in [0.15, 0.2) is 24.3 Å². The van der Waals surface area contributed by atoms with Gasteiger partial charge in [-0.1, -0.05) is 39.3 Å². The number of hydrogen-bond acceptors (Lipinski definition) is 3. The maximum Gasteiger partial charge on any atom is 0.252 e. The van der Waals surface area contributed by atoms with Crippen LogP contribution < -0.4 is 10.2 Å². The molecule has 2 aliphatic heterocycles. The fraction of sp³-hybridized carbons (Fsp3) is 0.667. The molecule has 3 aliphatic rings. The van der Waals surface area contributed by atoms with Crippen LogP contribution in [-0.2, 0) is 4.79 Å². The lowest BCUT2D eigenvalue weighted by Crippen LogP contribution is -2.63. The van der Waals surface area contributed by atoms with Gasteiger partial charge in [-0.25, -0.2) is 0 Å². The van der Waals surface area contributed by atoms with Crippen molar-refractivity contribution in [3.8, 4) is 0 Å². The van der Waals surface area contributed by atoms with Crippen molar-refractivity contribution in [3.63, 3.8) is 0 Å². The number of benzene rings is 1. The summed E-state index contributed by atoms with van der Waals surface area (Å²) < 4.78 is 0. The molecule has 1 aromatic rings. The quantitative estimate of drug-likeness (QED) is 0.887. The predicted octanol–water partition coefficient (Wildman–Crippen LogP) is 3.88. The molecule has 0 bridgehead atoms. The Morgan fingerprint density at radius 2 is 1.84 bits per heavy atom. The van der Waals surface area contributed by atoms with Crippen molar-refractivity contribution >= 4 is 17.3 Å². The number of likely N-dealkylation sites (tertiary alicyclic amines) is 1. The van der Waals surface area contributed by atoms with Crippen molar-refractivity contribution in [1.82, 2.24) is 4.90 Å². The molecule has 0 radical (unpaired) electrons. The summed E-state index contributed by atoms with van der Waals surface area (Å²) in [5.41, 5.74) is 1.81. The van der Waals surface area contributed by atoms with Crippen molar-refractivity contribution < 1.29 is 4.79 Å². The molecule has 0 unspecified atom stereocenters. The highest BCUT2D eigenvalue weighted by Gasteiger charge is 2.49. The molecular formula is C21H31N3O. The number of hydrogen-bond donors (Lipinski definition) is 1. The van der Waals surface area contributed by atoms with E-state index >= 15 is 0 Å². The summed E-state index contributed by atoms with van der Waals surface area (Å²) in [5.74, 6) is 0.273. The summed E-state index contributed by atoms with van der Waals surface area (Å²) in [7, 11) is 0. The molecule has 4 nitrogen and oxygen atoms in total. The van der Waals surface area contributed by atoms with Crippen LogP contribution in [0.4, 0.5) is 11.4 Å². The summed E-state index contributed by atoms with van der Waals surface area (Å²) in [6.45, 7) is 9.45. The number of rotatable bonds is 2.